The van der Waals surface area contributed by atoms with Crippen LogP contribution >= 0.6 is 11.6 Å². The van der Waals surface area contributed by atoms with E-state index in [1.54, 1.807) is 6.07 Å². The molecule has 0 heterocycles. The number of hydrogen-bond acceptors (Lipinski definition) is 4. The molecule has 0 fully saturated rings. The van der Waals surface area contributed by atoms with Crippen molar-refractivity contribution < 1.29 is 14.3 Å². The molecule has 0 unspecified atom stereocenters. The zero-order valence-corrected chi connectivity index (χ0v) is 12.1. The van der Waals surface area contributed by atoms with Gasteiger partial charge in [0.2, 0.25) is 0 Å². The molecule has 0 aliphatic rings. The zero-order chi connectivity index (χ0) is 14.1. The summed E-state index contributed by atoms with van der Waals surface area (Å²) in [6.45, 7) is 4.08. The number of carbonyl (C=O) groups excluding carboxylic acids is 1. The molecule has 0 saturated heterocycles. The van der Waals surface area contributed by atoms with Crippen LogP contribution in [-0.4, -0.2) is 26.2 Å². The number of carbonyl (C=O) groups is 1. The molecule has 19 heavy (non-hydrogen) atoms. The summed E-state index contributed by atoms with van der Waals surface area (Å²) in [6.07, 6.45) is 0.960. The second-order valence-electron chi connectivity index (χ2n) is 4.04. The Balaban J connectivity index is 2.53. The fourth-order valence-corrected chi connectivity index (χ4v) is 1.86. The molecule has 1 N–H and O–H groups in total. The van der Waals surface area contributed by atoms with E-state index in [-0.39, 0.29) is 5.97 Å². The fraction of sp³-hybridized carbons (Fsp3) is 0.500. The number of benzene rings is 1. The highest BCUT2D eigenvalue weighted by atomic mass is 35.5. The van der Waals surface area contributed by atoms with Crippen molar-refractivity contribution in [1.82, 2.24) is 5.32 Å². The van der Waals surface area contributed by atoms with Gasteiger partial charge in [-0.05, 0) is 19.0 Å². The first-order valence-electron chi connectivity index (χ1n) is 6.36. The number of ether oxygens (including phenoxy) is 2. The van der Waals surface area contributed by atoms with Gasteiger partial charge in [-0.25, -0.2) is 0 Å². The van der Waals surface area contributed by atoms with Gasteiger partial charge < -0.3 is 14.8 Å². The van der Waals surface area contributed by atoms with Crippen molar-refractivity contribution in [2.75, 3.05) is 20.3 Å². The summed E-state index contributed by atoms with van der Waals surface area (Å²) in [7, 11) is 1.38. The first-order chi connectivity index (χ1) is 9.19. The summed E-state index contributed by atoms with van der Waals surface area (Å²) in [5, 5.41) is 3.83. The Morgan fingerprint density at radius 2 is 2.21 bits per heavy atom. The van der Waals surface area contributed by atoms with Gasteiger partial charge in [0.15, 0.2) is 0 Å². The largest absolute Gasteiger partial charge is 0.492 e. The molecule has 1 aromatic carbocycles. The van der Waals surface area contributed by atoms with E-state index in [0.29, 0.717) is 36.8 Å². The number of methoxy groups -OCH3 is 1. The van der Waals surface area contributed by atoms with Crippen molar-refractivity contribution in [2.24, 2.45) is 0 Å². The van der Waals surface area contributed by atoms with Crippen LogP contribution < -0.4 is 10.1 Å². The van der Waals surface area contributed by atoms with Crippen molar-refractivity contribution >= 4 is 17.6 Å². The van der Waals surface area contributed by atoms with Crippen molar-refractivity contribution in [3.63, 3.8) is 0 Å². The maximum absolute atomic E-state index is 11.0. The first kappa shape index (κ1) is 15.8. The molecule has 4 nitrogen and oxygen atoms in total. The molecular weight excluding hydrogens is 266 g/mol. The van der Waals surface area contributed by atoms with Gasteiger partial charge in [-0.1, -0.05) is 30.7 Å². The smallest absolute Gasteiger partial charge is 0.305 e. The van der Waals surface area contributed by atoms with Crippen LogP contribution in [0.4, 0.5) is 0 Å². The summed E-state index contributed by atoms with van der Waals surface area (Å²) >= 11 is 6.13. The highest BCUT2D eigenvalue weighted by molar-refractivity contribution is 6.32. The van der Waals surface area contributed by atoms with Gasteiger partial charge >= 0.3 is 5.97 Å². The molecule has 0 bridgehead atoms. The first-order valence-corrected chi connectivity index (χ1v) is 6.74. The Bertz CT molecular complexity index is 410. The number of hydrogen-bond donors (Lipinski definition) is 1. The minimum atomic E-state index is -0.226. The molecule has 1 rings (SSSR count). The highest BCUT2D eigenvalue weighted by Crippen LogP contribution is 2.28. The predicted octanol–water partition coefficient (Wildman–Crippen LogP) is 2.78. The lowest BCUT2D eigenvalue weighted by Gasteiger charge is -2.13. The molecule has 0 amide bonds. The summed E-state index contributed by atoms with van der Waals surface area (Å²) in [6, 6.07) is 5.67. The van der Waals surface area contributed by atoms with Crippen LogP contribution in [-0.2, 0) is 16.1 Å². The topological polar surface area (TPSA) is 47.6 Å². The van der Waals surface area contributed by atoms with E-state index < -0.39 is 0 Å². The fourth-order valence-electron chi connectivity index (χ4n) is 1.61. The molecule has 5 heteroatoms. The Hall–Kier alpha value is -1.26. The van der Waals surface area contributed by atoms with Crippen LogP contribution in [0, 0.1) is 0 Å². The molecule has 0 saturated carbocycles. The Morgan fingerprint density at radius 3 is 2.89 bits per heavy atom. The third kappa shape index (κ3) is 5.49. The summed E-state index contributed by atoms with van der Waals surface area (Å²) < 4.78 is 10.3. The minimum Gasteiger partial charge on any atom is -0.492 e. The third-order valence-corrected chi connectivity index (χ3v) is 2.91. The Kier molecular flexibility index (Phi) is 7.30. The van der Waals surface area contributed by atoms with E-state index in [2.05, 4.69) is 10.1 Å². The molecule has 0 aliphatic heterocycles. The number of rotatable bonds is 8. The zero-order valence-electron chi connectivity index (χ0n) is 11.4. The van der Waals surface area contributed by atoms with Gasteiger partial charge in [0.1, 0.15) is 5.75 Å². The second kappa shape index (κ2) is 8.77. The normalized spacial score (nSPS) is 10.3. The summed E-state index contributed by atoms with van der Waals surface area (Å²) in [4.78, 5) is 11.0. The van der Waals surface area contributed by atoms with Crippen molar-refractivity contribution in [1.29, 1.82) is 0 Å². The van der Waals surface area contributed by atoms with E-state index in [0.717, 1.165) is 12.1 Å². The molecule has 0 spiro atoms. The van der Waals surface area contributed by atoms with Crippen molar-refractivity contribution in [3.05, 3.63) is 28.8 Å². The average Bonchev–Trinajstić information content (AvgIpc) is 2.42. The number of esters is 1. The average molecular weight is 286 g/mol. The summed E-state index contributed by atoms with van der Waals surface area (Å²) in [5.74, 6) is 0.464. The van der Waals surface area contributed by atoms with E-state index >= 15 is 0 Å². The van der Waals surface area contributed by atoms with Crippen LogP contribution in [0.15, 0.2) is 18.2 Å². The molecular formula is C14H20ClNO3. The van der Waals surface area contributed by atoms with Gasteiger partial charge in [0.05, 0.1) is 18.7 Å². The minimum absolute atomic E-state index is 0.226. The van der Waals surface area contributed by atoms with E-state index in [1.165, 1.54) is 7.11 Å². The van der Waals surface area contributed by atoms with Crippen LogP contribution in [0.2, 0.25) is 5.02 Å². The van der Waals surface area contributed by atoms with Crippen LogP contribution in [0.3, 0.4) is 0 Å². The number of halogens is 1. The number of nitrogens with one attached hydrogen (secondary N) is 1. The van der Waals surface area contributed by atoms with Crippen LogP contribution in [0.25, 0.3) is 0 Å². The number of para-hydroxylation sites is 1. The van der Waals surface area contributed by atoms with Crippen LogP contribution in [0.5, 0.6) is 5.75 Å². The summed E-state index contributed by atoms with van der Waals surface area (Å²) in [5.41, 5.74) is 1.02. The molecule has 0 aromatic heterocycles. The molecule has 0 aliphatic carbocycles. The van der Waals surface area contributed by atoms with Crippen molar-refractivity contribution in [3.8, 4) is 5.75 Å². The highest BCUT2D eigenvalue weighted by Gasteiger charge is 2.08. The molecule has 0 atom stereocenters. The molecule has 1 aromatic rings. The molecule has 0 radical (unpaired) electrons. The van der Waals surface area contributed by atoms with E-state index in [4.69, 9.17) is 16.3 Å². The third-order valence-electron chi connectivity index (χ3n) is 2.61. The monoisotopic (exact) mass is 285 g/mol. The lowest BCUT2D eigenvalue weighted by molar-refractivity contribution is -0.140. The van der Waals surface area contributed by atoms with Gasteiger partial charge in [-0.15, -0.1) is 0 Å². The SMILES string of the molecule is CCNCc1cccc(Cl)c1OCCCC(=O)OC. The van der Waals surface area contributed by atoms with Crippen LogP contribution in [0.1, 0.15) is 25.3 Å². The molecule has 106 valence electrons. The van der Waals surface area contributed by atoms with Gasteiger partial charge in [0.25, 0.3) is 0 Å². The second-order valence-corrected chi connectivity index (χ2v) is 4.44. The van der Waals surface area contributed by atoms with E-state index in [1.807, 2.05) is 19.1 Å². The lowest BCUT2D eigenvalue weighted by atomic mass is 10.2. The predicted molar refractivity (Wildman–Crippen MR) is 75.6 cm³/mol. The quantitative estimate of drug-likeness (QED) is 0.589. The standard InChI is InChI=1S/C14H20ClNO3/c1-3-16-10-11-6-4-7-12(15)14(11)19-9-5-8-13(17)18-2/h4,6-7,16H,3,5,8-10H2,1-2H3. The Morgan fingerprint density at radius 1 is 1.42 bits per heavy atom. The van der Waals surface area contributed by atoms with Gasteiger partial charge in [-0.3, -0.25) is 4.79 Å². The van der Waals surface area contributed by atoms with Gasteiger partial charge in [0, 0.05) is 18.5 Å². The van der Waals surface area contributed by atoms with Crippen molar-refractivity contribution in [2.45, 2.75) is 26.3 Å². The maximum atomic E-state index is 11.0. The van der Waals surface area contributed by atoms with E-state index in [9.17, 15) is 4.79 Å². The Labute approximate surface area is 119 Å². The van der Waals surface area contributed by atoms with Gasteiger partial charge in [-0.2, -0.15) is 0 Å². The maximum Gasteiger partial charge on any atom is 0.305 e. The lowest BCUT2D eigenvalue weighted by Crippen LogP contribution is -2.13.